The Morgan fingerprint density at radius 3 is 2.91 bits per heavy atom. The summed E-state index contributed by atoms with van der Waals surface area (Å²) in [5.74, 6) is -0.263. The molecule has 22 heavy (non-hydrogen) atoms. The van der Waals surface area contributed by atoms with Crippen LogP contribution in [0.1, 0.15) is 12.1 Å². The molecule has 0 spiro atoms. The van der Waals surface area contributed by atoms with E-state index in [0.717, 1.165) is 30.6 Å². The minimum atomic E-state index is -0.263. The van der Waals surface area contributed by atoms with Gasteiger partial charge in [-0.3, -0.25) is 4.68 Å². The molecular weight excluding hydrogens is 279 g/mol. The van der Waals surface area contributed by atoms with Crippen molar-refractivity contribution in [3.05, 3.63) is 60.3 Å². The van der Waals surface area contributed by atoms with Crippen molar-refractivity contribution in [2.24, 2.45) is 0 Å². The highest BCUT2D eigenvalue weighted by molar-refractivity contribution is 5.79. The van der Waals surface area contributed by atoms with E-state index in [1.807, 2.05) is 35.1 Å². The molecule has 5 heteroatoms. The first kappa shape index (κ1) is 14.7. The van der Waals surface area contributed by atoms with E-state index in [1.165, 1.54) is 6.07 Å². The Morgan fingerprint density at radius 1 is 1.18 bits per heavy atom. The van der Waals surface area contributed by atoms with Gasteiger partial charge in [0.2, 0.25) is 0 Å². The van der Waals surface area contributed by atoms with Crippen LogP contribution in [0, 0.1) is 5.82 Å². The molecule has 3 rings (SSSR count). The van der Waals surface area contributed by atoms with Gasteiger partial charge in [-0.05, 0) is 31.7 Å². The minimum Gasteiger partial charge on any atom is -0.300 e. The van der Waals surface area contributed by atoms with Crippen LogP contribution in [0.4, 0.5) is 4.39 Å². The molecule has 114 valence electrons. The van der Waals surface area contributed by atoms with Crippen molar-refractivity contribution < 1.29 is 4.39 Å². The second kappa shape index (κ2) is 6.66. The van der Waals surface area contributed by atoms with Crippen LogP contribution in [-0.2, 0) is 13.1 Å². The fourth-order valence-corrected chi connectivity index (χ4v) is 2.53. The maximum absolute atomic E-state index is 13.8. The zero-order chi connectivity index (χ0) is 15.4. The van der Waals surface area contributed by atoms with Gasteiger partial charge in [0.05, 0.1) is 5.69 Å². The molecular formula is C17H19FN4. The molecule has 0 atom stereocenters. The Kier molecular flexibility index (Phi) is 4.44. The zero-order valence-electron chi connectivity index (χ0n) is 12.6. The van der Waals surface area contributed by atoms with Gasteiger partial charge in [-0.2, -0.15) is 5.10 Å². The summed E-state index contributed by atoms with van der Waals surface area (Å²) in [4.78, 5) is 6.63. The third kappa shape index (κ3) is 3.49. The van der Waals surface area contributed by atoms with Crippen molar-refractivity contribution >= 4 is 10.9 Å². The normalized spacial score (nSPS) is 11.4. The summed E-state index contributed by atoms with van der Waals surface area (Å²) in [5.41, 5.74) is 1.34. The highest BCUT2D eigenvalue weighted by Gasteiger charge is 2.06. The van der Waals surface area contributed by atoms with E-state index in [-0.39, 0.29) is 5.82 Å². The number of pyridine rings is 1. The predicted molar refractivity (Wildman–Crippen MR) is 84.9 cm³/mol. The number of hydrogen-bond donors (Lipinski definition) is 0. The predicted octanol–water partition coefficient (Wildman–Crippen LogP) is 3.09. The van der Waals surface area contributed by atoms with Gasteiger partial charge in [0.25, 0.3) is 0 Å². The molecule has 0 aliphatic carbocycles. The van der Waals surface area contributed by atoms with E-state index < -0.39 is 0 Å². The quantitative estimate of drug-likeness (QED) is 0.701. The van der Waals surface area contributed by atoms with Crippen LogP contribution in [0.25, 0.3) is 10.9 Å². The molecule has 0 radical (unpaired) electrons. The molecule has 2 heterocycles. The fourth-order valence-electron chi connectivity index (χ4n) is 2.53. The second-order valence-corrected chi connectivity index (χ2v) is 5.47. The van der Waals surface area contributed by atoms with Crippen molar-refractivity contribution in [2.75, 3.05) is 13.6 Å². The summed E-state index contributed by atoms with van der Waals surface area (Å²) in [6.45, 7) is 2.55. The summed E-state index contributed by atoms with van der Waals surface area (Å²) in [5, 5.41) is 5.02. The van der Waals surface area contributed by atoms with Gasteiger partial charge in [0.1, 0.15) is 11.3 Å². The summed E-state index contributed by atoms with van der Waals surface area (Å²) < 4.78 is 15.7. The lowest BCUT2D eigenvalue weighted by Gasteiger charge is -2.16. The van der Waals surface area contributed by atoms with Crippen molar-refractivity contribution in [2.45, 2.75) is 19.5 Å². The van der Waals surface area contributed by atoms with Gasteiger partial charge < -0.3 is 4.90 Å². The molecule has 3 aromatic rings. The first-order chi connectivity index (χ1) is 10.7. The van der Waals surface area contributed by atoms with Crippen LogP contribution in [0.5, 0.6) is 0 Å². The van der Waals surface area contributed by atoms with Gasteiger partial charge in [-0.1, -0.05) is 18.2 Å². The molecule has 0 bridgehead atoms. The Morgan fingerprint density at radius 2 is 2.09 bits per heavy atom. The Bertz CT molecular complexity index is 740. The van der Waals surface area contributed by atoms with Crippen molar-refractivity contribution in [3.8, 4) is 0 Å². The monoisotopic (exact) mass is 298 g/mol. The molecule has 0 amide bonds. The molecule has 2 aromatic heterocycles. The largest absolute Gasteiger partial charge is 0.300 e. The van der Waals surface area contributed by atoms with E-state index in [0.29, 0.717) is 12.1 Å². The van der Waals surface area contributed by atoms with E-state index in [2.05, 4.69) is 22.0 Å². The zero-order valence-corrected chi connectivity index (χ0v) is 12.6. The topological polar surface area (TPSA) is 34.0 Å². The lowest BCUT2D eigenvalue weighted by Crippen LogP contribution is -2.21. The van der Waals surface area contributed by atoms with Crippen LogP contribution < -0.4 is 0 Å². The molecule has 0 saturated heterocycles. The summed E-state index contributed by atoms with van der Waals surface area (Å²) in [6, 6.07) is 10.9. The average molecular weight is 298 g/mol. The van der Waals surface area contributed by atoms with E-state index in [9.17, 15) is 4.39 Å². The third-order valence-electron chi connectivity index (χ3n) is 3.65. The van der Waals surface area contributed by atoms with Crippen molar-refractivity contribution in [1.82, 2.24) is 19.7 Å². The van der Waals surface area contributed by atoms with E-state index in [1.54, 1.807) is 12.3 Å². The molecule has 0 aliphatic heterocycles. The van der Waals surface area contributed by atoms with Crippen LogP contribution in [0.2, 0.25) is 0 Å². The smallest absolute Gasteiger partial charge is 0.149 e. The standard InChI is InChI=1S/C17H19FN4/c1-21(10-4-12-22-11-3-9-19-22)13-15-8-7-14-5-2-6-16(18)17(14)20-15/h2-3,5-9,11H,4,10,12-13H2,1H3. The minimum absolute atomic E-state index is 0.263. The van der Waals surface area contributed by atoms with Crippen LogP contribution in [-0.4, -0.2) is 33.3 Å². The molecule has 0 aliphatic rings. The maximum Gasteiger partial charge on any atom is 0.149 e. The Balaban J connectivity index is 1.59. The Hall–Kier alpha value is -2.27. The second-order valence-electron chi connectivity index (χ2n) is 5.47. The summed E-state index contributed by atoms with van der Waals surface area (Å²) in [6.07, 6.45) is 4.77. The number of fused-ring (bicyclic) bond motifs is 1. The Labute approximate surface area is 129 Å². The van der Waals surface area contributed by atoms with Gasteiger partial charge in [-0.25, -0.2) is 9.37 Å². The van der Waals surface area contributed by atoms with Crippen LogP contribution in [0.15, 0.2) is 48.8 Å². The lowest BCUT2D eigenvalue weighted by atomic mass is 10.2. The number of hydrogen-bond acceptors (Lipinski definition) is 3. The van der Waals surface area contributed by atoms with Crippen LogP contribution in [0.3, 0.4) is 0 Å². The number of halogens is 1. The van der Waals surface area contributed by atoms with E-state index >= 15 is 0 Å². The van der Waals surface area contributed by atoms with Crippen molar-refractivity contribution in [1.29, 1.82) is 0 Å². The van der Waals surface area contributed by atoms with Gasteiger partial charge in [-0.15, -0.1) is 0 Å². The first-order valence-corrected chi connectivity index (χ1v) is 7.42. The van der Waals surface area contributed by atoms with Gasteiger partial charge in [0, 0.05) is 37.4 Å². The number of nitrogens with zero attached hydrogens (tertiary/aromatic N) is 4. The maximum atomic E-state index is 13.8. The van der Waals surface area contributed by atoms with Crippen LogP contribution >= 0.6 is 0 Å². The molecule has 0 N–H and O–H groups in total. The highest BCUT2D eigenvalue weighted by atomic mass is 19.1. The number of aryl methyl sites for hydroxylation is 1. The highest BCUT2D eigenvalue weighted by Crippen LogP contribution is 2.16. The van der Waals surface area contributed by atoms with Gasteiger partial charge >= 0.3 is 0 Å². The molecule has 1 aromatic carbocycles. The SMILES string of the molecule is CN(CCCn1cccn1)Cc1ccc2cccc(F)c2n1. The molecule has 0 saturated carbocycles. The molecule has 4 nitrogen and oxygen atoms in total. The van der Waals surface area contributed by atoms with Gasteiger partial charge in [0.15, 0.2) is 0 Å². The first-order valence-electron chi connectivity index (χ1n) is 7.42. The lowest BCUT2D eigenvalue weighted by molar-refractivity contribution is 0.308. The number of aromatic nitrogens is 3. The number of para-hydroxylation sites is 1. The summed E-state index contributed by atoms with van der Waals surface area (Å²) in [7, 11) is 2.05. The summed E-state index contributed by atoms with van der Waals surface area (Å²) >= 11 is 0. The third-order valence-corrected chi connectivity index (χ3v) is 3.65. The van der Waals surface area contributed by atoms with Crippen molar-refractivity contribution in [3.63, 3.8) is 0 Å². The average Bonchev–Trinajstić information content (AvgIpc) is 3.01. The fraction of sp³-hybridized carbons (Fsp3) is 0.294. The number of benzene rings is 1. The van der Waals surface area contributed by atoms with E-state index in [4.69, 9.17) is 0 Å². The molecule has 0 fully saturated rings. The molecule has 0 unspecified atom stereocenters. The number of rotatable bonds is 6.